The summed E-state index contributed by atoms with van der Waals surface area (Å²) in [7, 11) is 0. The summed E-state index contributed by atoms with van der Waals surface area (Å²) in [5, 5.41) is 5.74. The van der Waals surface area contributed by atoms with Crippen LogP contribution in [0.15, 0.2) is 11.4 Å². The van der Waals surface area contributed by atoms with Crippen LogP contribution in [0.5, 0.6) is 0 Å². The molecule has 1 fully saturated rings. The second kappa shape index (κ2) is 6.18. The monoisotopic (exact) mass is 336 g/mol. The van der Waals surface area contributed by atoms with Crippen molar-refractivity contribution in [2.24, 2.45) is 0 Å². The van der Waals surface area contributed by atoms with Gasteiger partial charge in [0.05, 0.1) is 2.88 Å². The van der Waals surface area contributed by atoms with E-state index in [1.807, 2.05) is 11.3 Å². The second-order valence-electron chi connectivity index (χ2n) is 3.98. The summed E-state index contributed by atoms with van der Waals surface area (Å²) in [5.41, 5.74) is 1.42. The predicted molar refractivity (Wildman–Crippen MR) is 74.4 cm³/mol. The van der Waals surface area contributed by atoms with E-state index < -0.39 is 0 Å². The summed E-state index contributed by atoms with van der Waals surface area (Å²) in [4.78, 5) is 2.55. The molecule has 15 heavy (non-hydrogen) atoms. The Labute approximate surface area is 109 Å². The molecule has 2 nitrogen and oxygen atoms in total. The summed E-state index contributed by atoms with van der Waals surface area (Å²) in [6.45, 7) is 5.96. The lowest BCUT2D eigenvalue weighted by atomic mass is 10.3. The number of rotatable bonds is 5. The van der Waals surface area contributed by atoms with E-state index in [0.717, 1.165) is 13.1 Å². The summed E-state index contributed by atoms with van der Waals surface area (Å²) < 4.78 is 1.38. The molecule has 84 valence electrons. The third kappa shape index (κ3) is 4.01. The van der Waals surface area contributed by atoms with E-state index in [1.165, 1.54) is 40.9 Å². The summed E-state index contributed by atoms with van der Waals surface area (Å²) in [6, 6.07) is 2.26. The minimum absolute atomic E-state index is 1.02. The Morgan fingerprint density at radius 1 is 1.40 bits per heavy atom. The molecule has 0 aromatic carbocycles. The highest BCUT2D eigenvalue weighted by atomic mass is 127. The Bertz CT molecular complexity index is 295. The van der Waals surface area contributed by atoms with E-state index in [2.05, 4.69) is 44.3 Å². The second-order valence-corrected chi connectivity index (χ2v) is 6.79. The third-order valence-corrected chi connectivity index (χ3v) is 4.59. The van der Waals surface area contributed by atoms with Crippen LogP contribution in [0, 0.1) is 2.88 Å². The molecule has 0 bridgehead atoms. The van der Waals surface area contributed by atoms with E-state index in [4.69, 9.17) is 0 Å². The molecule has 1 saturated heterocycles. The first-order valence-electron chi connectivity index (χ1n) is 5.50. The lowest BCUT2D eigenvalue weighted by molar-refractivity contribution is 0.335. The van der Waals surface area contributed by atoms with Crippen molar-refractivity contribution in [1.82, 2.24) is 10.2 Å². The van der Waals surface area contributed by atoms with Crippen LogP contribution in [-0.2, 0) is 6.54 Å². The molecule has 1 aliphatic rings. The van der Waals surface area contributed by atoms with Crippen molar-refractivity contribution in [1.29, 1.82) is 0 Å². The van der Waals surface area contributed by atoms with Crippen molar-refractivity contribution in [3.05, 3.63) is 19.9 Å². The molecule has 1 aromatic rings. The Balaban J connectivity index is 1.58. The Hall–Kier alpha value is 0.350. The number of likely N-dealkylation sites (tertiary alicyclic amines) is 1. The molecule has 2 heterocycles. The van der Waals surface area contributed by atoms with E-state index >= 15 is 0 Å². The number of hydrogen-bond acceptors (Lipinski definition) is 3. The highest BCUT2D eigenvalue weighted by Crippen LogP contribution is 2.16. The van der Waals surface area contributed by atoms with Crippen LogP contribution < -0.4 is 5.32 Å². The number of thiophene rings is 1. The Morgan fingerprint density at radius 2 is 2.20 bits per heavy atom. The molecule has 0 atom stereocenters. The fourth-order valence-corrected chi connectivity index (χ4v) is 3.33. The topological polar surface area (TPSA) is 15.3 Å². The van der Waals surface area contributed by atoms with Gasteiger partial charge in [-0.3, -0.25) is 0 Å². The molecule has 1 N–H and O–H groups in total. The molecule has 0 spiro atoms. The van der Waals surface area contributed by atoms with Crippen LogP contribution in [0.4, 0.5) is 0 Å². The molecule has 0 amide bonds. The first-order valence-corrected chi connectivity index (χ1v) is 7.46. The van der Waals surface area contributed by atoms with Gasteiger partial charge >= 0.3 is 0 Å². The molecule has 0 aliphatic carbocycles. The van der Waals surface area contributed by atoms with Gasteiger partial charge in [-0.25, -0.2) is 0 Å². The standard InChI is InChI=1S/C11H17IN2S/c12-11-7-10(9-15-11)8-13-3-6-14-4-1-2-5-14/h7,9,13H,1-6,8H2. The minimum atomic E-state index is 1.02. The van der Waals surface area contributed by atoms with Gasteiger partial charge in [-0.05, 0) is 65.5 Å². The average molecular weight is 336 g/mol. The fourth-order valence-electron chi connectivity index (χ4n) is 1.91. The smallest absolute Gasteiger partial charge is 0.0656 e. The van der Waals surface area contributed by atoms with E-state index in [1.54, 1.807) is 0 Å². The van der Waals surface area contributed by atoms with Gasteiger partial charge in [0.1, 0.15) is 0 Å². The van der Waals surface area contributed by atoms with Crippen LogP contribution in [0.3, 0.4) is 0 Å². The van der Waals surface area contributed by atoms with Gasteiger partial charge in [-0.2, -0.15) is 0 Å². The summed E-state index contributed by atoms with van der Waals surface area (Å²) >= 11 is 4.20. The lowest BCUT2D eigenvalue weighted by Gasteiger charge is -2.14. The van der Waals surface area contributed by atoms with Crippen LogP contribution in [-0.4, -0.2) is 31.1 Å². The molecule has 0 unspecified atom stereocenters. The van der Waals surface area contributed by atoms with Crippen LogP contribution in [0.25, 0.3) is 0 Å². The fraction of sp³-hybridized carbons (Fsp3) is 0.636. The van der Waals surface area contributed by atoms with Gasteiger partial charge in [0.25, 0.3) is 0 Å². The SMILES string of the molecule is Ic1cc(CNCCN2CCCC2)cs1. The maximum atomic E-state index is 3.50. The molecule has 2 rings (SSSR count). The Morgan fingerprint density at radius 3 is 2.87 bits per heavy atom. The van der Waals surface area contributed by atoms with Gasteiger partial charge < -0.3 is 10.2 Å². The highest BCUT2D eigenvalue weighted by molar-refractivity contribution is 14.1. The van der Waals surface area contributed by atoms with E-state index in [9.17, 15) is 0 Å². The van der Waals surface area contributed by atoms with Crippen LogP contribution in [0.1, 0.15) is 18.4 Å². The maximum absolute atomic E-state index is 3.50. The van der Waals surface area contributed by atoms with Crippen molar-refractivity contribution >= 4 is 33.9 Å². The predicted octanol–water partition coefficient (Wildman–Crippen LogP) is 2.54. The minimum Gasteiger partial charge on any atom is -0.311 e. The Kier molecular flexibility index (Phi) is 4.87. The number of nitrogens with zero attached hydrogens (tertiary/aromatic N) is 1. The molecule has 1 aliphatic heterocycles. The highest BCUT2D eigenvalue weighted by Gasteiger charge is 2.09. The van der Waals surface area contributed by atoms with Crippen molar-refractivity contribution < 1.29 is 0 Å². The zero-order valence-corrected chi connectivity index (χ0v) is 11.8. The zero-order chi connectivity index (χ0) is 10.5. The molecular weight excluding hydrogens is 319 g/mol. The molecule has 0 radical (unpaired) electrons. The first-order chi connectivity index (χ1) is 7.34. The molecular formula is C11H17IN2S. The zero-order valence-electron chi connectivity index (χ0n) is 8.84. The van der Waals surface area contributed by atoms with Gasteiger partial charge in [0.2, 0.25) is 0 Å². The van der Waals surface area contributed by atoms with Crippen molar-refractivity contribution in [3.8, 4) is 0 Å². The van der Waals surface area contributed by atoms with Crippen molar-refractivity contribution in [2.45, 2.75) is 19.4 Å². The average Bonchev–Trinajstić information content (AvgIpc) is 2.84. The lowest BCUT2D eigenvalue weighted by Crippen LogP contribution is -2.29. The maximum Gasteiger partial charge on any atom is 0.0656 e. The van der Waals surface area contributed by atoms with Crippen molar-refractivity contribution in [2.75, 3.05) is 26.2 Å². The summed E-state index contributed by atoms with van der Waals surface area (Å²) in [5.74, 6) is 0. The summed E-state index contributed by atoms with van der Waals surface area (Å²) in [6.07, 6.45) is 2.78. The normalized spacial score (nSPS) is 17.4. The quantitative estimate of drug-likeness (QED) is 0.657. The molecule has 0 saturated carbocycles. The molecule has 4 heteroatoms. The van der Waals surface area contributed by atoms with Gasteiger partial charge in [-0.15, -0.1) is 11.3 Å². The van der Waals surface area contributed by atoms with E-state index in [0.29, 0.717) is 0 Å². The third-order valence-electron chi connectivity index (χ3n) is 2.75. The van der Waals surface area contributed by atoms with Gasteiger partial charge in [0.15, 0.2) is 0 Å². The largest absolute Gasteiger partial charge is 0.311 e. The number of hydrogen-bond donors (Lipinski definition) is 1. The van der Waals surface area contributed by atoms with Crippen LogP contribution in [0.2, 0.25) is 0 Å². The van der Waals surface area contributed by atoms with E-state index in [-0.39, 0.29) is 0 Å². The number of nitrogens with one attached hydrogen (secondary N) is 1. The number of halogens is 1. The van der Waals surface area contributed by atoms with Crippen LogP contribution >= 0.6 is 33.9 Å². The first kappa shape index (κ1) is 11.8. The van der Waals surface area contributed by atoms with Crippen molar-refractivity contribution in [3.63, 3.8) is 0 Å². The van der Waals surface area contributed by atoms with Gasteiger partial charge in [-0.1, -0.05) is 0 Å². The van der Waals surface area contributed by atoms with Gasteiger partial charge in [0, 0.05) is 19.6 Å². The molecule has 1 aromatic heterocycles.